The maximum Gasteiger partial charge on any atom is 0.216 e. The van der Waals surface area contributed by atoms with Gasteiger partial charge in [-0.2, -0.15) is 0 Å². The van der Waals surface area contributed by atoms with Crippen molar-refractivity contribution in [3.63, 3.8) is 0 Å². The number of aliphatic hydroxyl groups is 2. The van der Waals surface area contributed by atoms with Gasteiger partial charge < -0.3 is 20.8 Å². The summed E-state index contributed by atoms with van der Waals surface area (Å²) in [6.45, 7) is 2.56. The van der Waals surface area contributed by atoms with Gasteiger partial charge in [-0.3, -0.25) is 9.59 Å². The zero-order valence-electron chi connectivity index (χ0n) is 8.28. The average Bonchev–Trinajstić information content (AvgIpc) is 2.09. The molecule has 0 heterocycles. The molecule has 0 aliphatic heterocycles. The summed E-state index contributed by atoms with van der Waals surface area (Å²) in [6.07, 6.45) is -2.16. The van der Waals surface area contributed by atoms with Crippen LogP contribution >= 0.6 is 0 Å². The lowest BCUT2D eigenvalue weighted by molar-refractivity contribution is -0.121. The third-order valence-electron chi connectivity index (χ3n) is 1.56. The molecule has 0 spiro atoms. The number of rotatable bonds is 5. The van der Waals surface area contributed by atoms with Gasteiger partial charge in [-0.1, -0.05) is 0 Å². The molecule has 0 aromatic rings. The smallest absolute Gasteiger partial charge is 0.216 e. The SMILES string of the molecule is CC(=O)NCC(O)C(O)CNC(C)=O. The molecule has 0 bridgehead atoms. The van der Waals surface area contributed by atoms with Crippen LogP contribution in [-0.2, 0) is 9.59 Å². The second-order valence-electron chi connectivity index (χ2n) is 3.01. The molecule has 2 unspecified atom stereocenters. The van der Waals surface area contributed by atoms with Crippen molar-refractivity contribution in [3.05, 3.63) is 0 Å². The lowest BCUT2D eigenvalue weighted by atomic mass is 10.2. The average molecular weight is 204 g/mol. The molecule has 0 aromatic heterocycles. The van der Waals surface area contributed by atoms with Crippen molar-refractivity contribution >= 4 is 11.8 Å². The highest BCUT2D eigenvalue weighted by Gasteiger charge is 2.16. The van der Waals surface area contributed by atoms with Crippen LogP contribution in [0.4, 0.5) is 0 Å². The van der Waals surface area contributed by atoms with E-state index in [1.165, 1.54) is 13.8 Å². The molecule has 0 fully saturated rings. The maximum atomic E-state index is 10.5. The first-order valence-corrected chi connectivity index (χ1v) is 4.28. The van der Waals surface area contributed by atoms with E-state index in [-0.39, 0.29) is 24.9 Å². The fourth-order valence-electron chi connectivity index (χ4n) is 0.769. The van der Waals surface area contributed by atoms with Crippen LogP contribution < -0.4 is 10.6 Å². The Morgan fingerprint density at radius 3 is 1.50 bits per heavy atom. The molecule has 0 radical (unpaired) electrons. The van der Waals surface area contributed by atoms with Gasteiger partial charge in [0.2, 0.25) is 11.8 Å². The van der Waals surface area contributed by atoms with Crippen LogP contribution in [0.5, 0.6) is 0 Å². The number of carbonyl (C=O) groups is 2. The summed E-state index contributed by atoms with van der Waals surface area (Å²) < 4.78 is 0. The molecular formula is C8H16N2O4. The molecule has 0 saturated heterocycles. The topological polar surface area (TPSA) is 98.7 Å². The van der Waals surface area contributed by atoms with Crippen LogP contribution in [0.25, 0.3) is 0 Å². The van der Waals surface area contributed by atoms with Gasteiger partial charge in [0, 0.05) is 26.9 Å². The third kappa shape index (κ3) is 6.38. The third-order valence-corrected chi connectivity index (χ3v) is 1.56. The summed E-state index contributed by atoms with van der Waals surface area (Å²) >= 11 is 0. The van der Waals surface area contributed by atoms with E-state index < -0.39 is 12.2 Å². The minimum Gasteiger partial charge on any atom is -0.389 e. The minimum atomic E-state index is -1.08. The second kappa shape index (κ2) is 6.33. The van der Waals surface area contributed by atoms with E-state index in [1.54, 1.807) is 0 Å². The van der Waals surface area contributed by atoms with Crippen molar-refractivity contribution < 1.29 is 19.8 Å². The molecule has 0 aliphatic rings. The normalized spacial score (nSPS) is 14.3. The Morgan fingerprint density at radius 2 is 1.29 bits per heavy atom. The highest BCUT2D eigenvalue weighted by Crippen LogP contribution is 1.90. The van der Waals surface area contributed by atoms with E-state index in [9.17, 15) is 19.8 Å². The number of amides is 2. The Morgan fingerprint density at radius 1 is 1.00 bits per heavy atom. The summed E-state index contributed by atoms with van der Waals surface area (Å²) in [5, 5.41) is 23.2. The molecule has 2 amide bonds. The van der Waals surface area contributed by atoms with E-state index in [4.69, 9.17) is 0 Å². The monoisotopic (exact) mass is 204 g/mol. The molecule has 82 valence electrons. The molecule has 0 aromatic carbocycles. The molecular weight excluding hydrogens is 188 g/mol. The quantitative estimate of drug-likeness (QED) is 0.415. The number of hydrogen-bond acceptors (Lipinski definition) is 4. The Hall–Kier alpha value is -1.14. The van der Waals surface area contributed by atoms with Gasteiger partial charge in [-0.15, -0.1) is 0 Å². The Balaban J connectivity index is 3.69. The second-order valence-corrected chi connectivity index (χ2v) is 3.01. The van der Waals surface area contributed by atoms with E-state index in [0.29, 0.717) is 0 Å². The highest BCUT2D eigenvalue weighted by atomic mass is 16.3. The fraction of sp³-hybridized carbons (Fsp3) is 0.750. The van der Waals surface area contributed by atoms with Crippen molar-refractivity contribution in [1.82, 2.24) is 10.6 Å². The summed E-state index contributed by atoms with van der Waals surface area (Å²) in [6, 6.07) is 0. The first kappa shape index (κ1) is 12.9. The van der Waals surface area contributed by atoms with Crippen molar-refractivity contribution in [1.29, 1.82) is 0 Å². The standard InChI is InChI=1S/C8H16N2O4/c1-5(11)9-3-7(13)8(14)4-10-6(2)12/h7-8,13-14H,3-4H2,1-2H3,(H,9,11)(H,10,12). The number of hydrogen-bond donors (Lipinski definition) is 4. The van der Waals surface area contributed by atoms with Crippen molar-refractivity contribution in [3.8, 4) is 0 Å². The number of nitrogens with one attached hydrogen (secondary N) is 2. The number of aliphatic hydroxyl groups excluding tert-OH is 2. The first-order chi connectivity index (χ1) is 6.43. The Bertz CT molecular complexity index is 186. The van der Waals surface area contributed by atoms with E-state index >= 15 is 0 Å². The van der Waals surface area contributed by atoms with E-state index in [2.05, 4.69) is 10.6 Å². The molecule has 6 heteroatoms. The fourth-order valence-corrected chi connectivity index (χ4v) is 0.769. The first-order valence-electron chi connectivity index (χ1n) is 4.28. The lowest BCUT2D eigenvalue weighted by Gasteiger charge is -2.17. The van der Waals surface area contributed by atoms with Gasteiger partial charge in [0.15, 0.2) is 0 Å². The molecule has 4 N–H and O–H groups in total. The maximum absolute atomic E-state index is 10.5. The van der Waals surface area contributed by atoms with Crippen LogP contribution in [0.3, 0.4) is 0 Å². The Labute approximate surface area is 82.3 Å². The van der Waals surface area contributed by atoms with Crippen molar-refractivity contribution in [2.75, 3.05) is 13.1 Å². The molecule has 6 nitrogen and oxygen atoms in total. The van der Waals surface area contributed by atoms with Gasteiger partial charge in [-0.25, -0.2) is 0 Å². The van der Waals surface area contributed by atoms with Gasteiger partial charge >= 0.3 is 0 Å². The predicted octanol–water partition coefficient (Wildman–Crippen LogP) is -2.02. The molecule has 14 heavy (non-hydrogen) atoms. The van der Waals surface area contributed by atoms with Gasteiger partial charge in [0.25, 0.3) is 0 Å². The van der Waals surface area contributed by atoms with Crippen LogP contribution in [0.1, 0.15) is 13.8 Å². The largest absolute Gasteiger partial charge is 0.389 e. The lowest BCUT2D eigenvalue weighted by Crippen LogP contribution is -2.43. The summed E-state index contributed by atoms with van der Waals surface area (Å²) in [7, 11) is 0. The van der Waals surface area contributed by atoms with Crippen molar-refractivity contribution in [2.45, 2.75) is 26.1 Å². The van der Waals surface area contributed by atoms with Crippen LogP contribution in [0.2, 0.25) is 0 Å². The van der Waals surface area contributed by atoms with E-state index in [0.717, 1.165) is 0 Å². The molecule has 2 atom stereocenters. The van der Waals surface area contributed by atoms with Crippen LogP contribution in [0, 0.1) is 0 Å². The zero-order valence-corrected chi connectivity index (χ0v) is 8.28. The van der Waals surface area contributed by atoms with Gasteiger partial charge in [-0.05, 0) is 0 Å². The summed E-state index contributed by atoms with van der Waals surface area (Å²) in [4.78, 5) is 20.9. The van der Waals surface area contributed by atoms with Crippen LogP contribution in [-0.4, -0.2) is 47.3 Å². The Kier molecular flexibility index (Phi) is 5.82. The zero-order chi connectivity index (χ0) is 11.1. The molecule has 0 rings (SSSR count). The number of carbonyl (C=O) groups excluding carboxylic acids is 2. The van der Waals surface area contributed by atoms with Crippen LogP contribution in [0.15, 0.2) is 0 Å². The van der Waals surface area contributed by atoms with Crippen molar-refractivity contribution in [2.24, 2.45) is 0 Å². The summed E-state index contributed by atoms with van der Waals surface area (Å²) in [5.41, 5.74) is 0. The molecule has 0 saturated carbocycles. The molecule has 0 aliphatic carbocycles. The minimum absolute atomic E-state index is 0.0317. The highest BCUT2D eigenvalue weighted by molar-refractivity contribution is 5.73. The predicted molar refractivity (Wildman–Crippen MR) is 49.4 cm³/mol. The summed E-state index contributed by atoms with van der Waals surface area (Å²) in [5.74, 6) is -0.563. The van der Waals surface area contributed by atoms with E-state index in [1.807, 2.05) is 0 Å². The van der Waals surface area contributed by atoms with Gasteiger partial charge in [0.05, 0.1) is 12.2 Å². The van der Waals surface area contributed by atoms with Gasteiger partial charge in [0.1, 0.15) is 0 Å².